The summed E-state index contributed by atoms with van der Waals surface area (Å²) in [5.74, 6) is -0.212. The SMILES string of the molecule is CC(=O)c1cccc(NC(=O)CNC(C)c2ccccc2Cl)c1. The predicted molar refractivity (Wildman–Crippen MR) is 92.9 cm³/mol. The van der Waals surface area contributed by atoms with Crippen LogP contribution in [0.4, 0.5) is 5.69 Å². The summed E-state index contributed by atoms with van der Waals surface area (Å²) in [7, 11) is 0. The average molecular weight is 331 g/mol. The molecule has 1 amide bonds. The Balaban J connectivity index is 1.91. The summed E-state index contributed by atoms with van der Waals surface area (Å²) in [6.45, 7) is 3.59. The second-order valence-electron chi connectivity index (χ2n) is 5.31. The molecule has 1 unspecified atom stereocenters. The largest absolute Gasteiger partial charge is 0.325 e. The molecule has 2 aromatic carbocycles. The molecule has 120 valence electrons. The monoisotopic (exact) mass is 330 g/mol. The lowest BCUT2D eigenvalue weighted by Gasteiger charge is -2.15. The molecule has 2 aromatic rings. The molecule has 2 N–H and O–H groups in total. The number of hydrogen-bond donors (Lipinski definition) is 2. The molecule has 23 heavy (non-hydrogen) atoms. The third kappa shape index (κ3) is 4.91. The Morgan fingerprint density at radius 1 is 1.13 bits per heavy atom. The van der Waals surface area contributed by atoms with Crippen molar-refractivity contribution in [1.29, 1.82) is 0 Å². The number of anilines is 1. The molecule has 5 heteroatoms. The van der Waals surface area contributed by atoms with Crippen molar-refractivity contribution in [3.8, 4) is 0 Å². The molecule has 0 aromatic heterocycles. The van der Waals surface area contributed by atoms with Gasteiger partial charge in [-0.1, -0.05) is 41.9 Å². The molecule has 1 atom stereocenters. The standard InChI is InChI=1S/C18H19ClN2O2/c1-12(16-8-3-4-9-17(16)19)20-11-18(23)21-15-7-5-6-14(10-15)13(2)22/h3-10,12,20H,11H2,1-2H3,(H,21,23). The fraction of sp³-hybridized carbons (Fsp3) is 0.222. The fourth-order valence-electron chi connectivity index (χ4n) is 2.20. The van der Waals surface area contributed by atoms with Crippen LogP contribution >= 0.6 is 11.6 Å². The van der Waals surface area contributed by atoms with Crippen LogP contribution in [0.25, 0.3) is 0 Å². The van der Waals surface area contributed by atoms with Crippen molar-refractivity contribution < 1.29 is 9.59 Å². The number of amides is 1. The molecular weight excluding hydrogens is 312 g/mol. The van der Waals surface area contributed by atoms with Gasteiger partial charge >= 0.3 is 0 Å². The highest BCUT2D eigenvalue weighted by molar-refractivity contribution is 6.31. The van der Waals surface area contributed by atoms with Crippen molar-refractivity contribution in [2.75, 3.05) is 11.9 Å². The second kappa shape index (κ2) is 7.90. The number of Topliss-reactive ketones (excluding diaryl/α,β-unsaturated/α-hetero) is 1. The van der Waals surface area contributed by atoms with Gasteiger partial charge < -0.3 is 10.6 Å². The Kier molecular flexibility index (Phi) is 5.90. The van der Waals surface area contributed by atoms with Crippen LogP contribution in [-0.4, -0.2) is 18.2 Å². The molecule has 2 rings (SSSR count). The number of carbonyl (C=O) groups excluding carboxylic acids is 2. The molecule has 0 heterocycles. The zero-order valence-electron chi connectivity index (χ0n) is 13.1. The predicted octanol–water partition coefficient (Wildman–Crippen LogP) is 3.83. The van der Waals surface area contributed by atoms with Crippen molar-refractivity contribution in [2.45, 2.75) is 19.9 Å². The molecule has 0 bridgehead atoms. The summed E-state index contributed by atoms with van der Waals surface area (Å²) in [6.07, 6.45) is 0. The number of halogens is 1. The fourth-order valence-corrected chi connectivity index (χ4v) is 2.50. The second-order valence-corrected chi connectivity index (χ2v) is 5.72. The van der Waals surface area contributed by atoms with Gasteiger partial charge in [0, 0.05) is 22.3 Å². The number of carbonyl (C=O) groups is 2. The molecule has 0 aliphatic rings. The van der Waals surface area contributed by atoms with Crippen molar-refractivity contribution in [3.05, 3.63) is 64.7 Å². The Hall–Kier alpha value is -2.17. The topological polar surface area (TPSA) is 58.2 Å². The Morgan fingerprint density at radius 2 is 1.87 bits per heavy atom. The van der Waals surface area contributed by atoms with Gasteiger partial charge in [-0.15, -0.1) is 0 Å². The quantitative estimate of drug-likeness (QED) is 0.791. The van der Waals surface area contributed by atoms with Gasteiger partial charge in [-0.3, -0.25) is 9.59 Å². The van der Waals surface area contributed by atoms with Gasteiger partial charge in [-0.2, -0.15) is 0 Å². The molecule has 0 aliphatic heterocycles. The summed E-state index contributed by atoms with van der Waals surface area (Å²) >= 11 is 6.14. The highest BCUT2D eigenvalue weighted by Gasteiger charge is 2.11. The summed E-state index contributed by atoms with van der Waals surface area (Å²) in [6, 6.07) is 14.4. The summed E-state index contributed by atoms with van der Waals surface area (Å²) in [5.41, 5.74) is 2.12. The van der Waals surface area contributed by atoms with Crippen LogP contribution in [0.3, 0.4) is 0 Å². The maximum atomic E-state index is 12.0. The van der Waals surface area contributed by atoms with E-state index in [-0.39, 0.29) is 24.3 Å². The van der Waals surface area contributed by atoms with E-state index in [0.29, 0.717) is 16.3 Å². The molecule has 0 spiro atoms. The maximum Gasteiger partial charge on any atom is 0.238 e. The number of nitrogens with one attached hydrogen (secondary N) is 2. The minimum Gasteiger partial charge on any atom is -0.325 e. The van der Waals surface area contributed by atoms with Gasteiger partial charge in [0.15, 0.2) is 5.78 Å². The summed E-state index contributed by atoms with van der Waals surface area (Å²) in [4.78, 5) is 23.4. The molecule has 0 radical (unpaired) electrons. The third-order valence-electron chi connectivity index (χ3n) is 3.49. The molecule has 0 fully saturated rings. The third-order valence-corrected chi connectivity index (χ3v) is 3.84. The number of ketones is 1. The average Bonchev–Trinajstić information content (AvgIpc) is 2.53. The first-order chi connectivity index (χ1) is 11.0. The van der Waals surface area contributed by atoms with E-state index in [1.54, 1.807) is 24.3 Å². The van der Waals surface area contributed by atoms with E-state index in [4.69, 9.17) is 11.6 Å². The smallest absolute Gasteiger partial charge is 0.238 e. The van der Waals surface area contributed by atoms with E-state index in [1.807, 2.05) is 31.2 Å². The van der Waals surface area contributed by atoms with Crippen molar-refractivity contribution >= 4 is 29.0 Å². The van der Waals surface area contributed by atoms with Crippen LogP contribution in [0, 0.1) is 0 Å². The number of hydrogen-bond acceptors (Lipinski definition) is 3. The van der Waals surface area contributed by atoms with Crippen LogP contribution < -0.4 is 10.6 Å². The van der Waals surface area contributed by atoms with Crippen LogP contribution in [0.1, 0.15) is 35.8 Å². The first-order valence-electron chi connectivity index (χ1n) is 7.36. The van der Waals surface area contributed by atoms with Crippen molar-refractivity contribution in [2.24, 2.45) is 0 Å². The van der Waals surface area contributed by atoms with Gasteiger partial charge in [-0.25, -0.2) is 0 Å². The molecule has 0 saturated heterocycles. The molecule has 0 aliphatic carbocycles. The first-order valence-corrected chi connectivity index (χ1v) is 7.74. The summed E-state index contributed by atoms with van der Waals surface area (Å²) in [5, 5.41) is 6.57. The van der Waals surface area contributed by atoms with Crippen LogP contribution in [0.2, 0.25) is 5.02 Å². The van der Waals surface area contributed by atoms with Crippen LogP contribution in [0.5, 0.6) is 0 Å². The van der Waals surface area contributed by atoms with Gasteiger partial charge in [0.2, 0.25) is 5.91 Å². The minimum atomic E-state index is -0.176. The van der Waals surface area contributed by atoms with E-state index in [1.165, 1.54) is 6.92 Å². The zero-order chi connectivity index (χ0) is 16.8. The van der Waals surface area contributed by atoms with Gasteiger partial charge in [0.25, 0.3) is 0 Å². The van der Waals surface area contributed by atoms with Crippen molar-refractivity contribution in [3.63, 3.8) is 0 Å². The lowest BCUT2D eigenvalue weighted by Crippen LogP contribution is -2.30. The molecule has 0 saturated carbocycles. The Bertz CT molecular complexity index is 716. The van der Waals surface area contributed by atoms with E-state index in [9.17, 15) is 9.59 Å². The lowest BCUT2D eigenvalue weighted by molar-refractivity contribution is -0.115. The highest BCUT2D eigenvalue weighted by atomic mass is 35.5. The van der Waals surface area contributed by atoms with Crippen LogP contribution in [-0.2, 0) is 4.79 Å². The highest BCUT2D eigenvalue weighted by Crippen LogP contribution is 2.21. The minimum absolute atomic E-state index is 0.0356. The summed E-state index contributed by atoms with van der Waals surface area (Å²) < 4.78 is 0. The van der Waals surface area contributed by atoms with Gasteiger partial charge in [0.1, 0.15) is 0 Å². The Morgan fingerprint density at radius 3 is 2.57 bits per heavy atom. The van der Waals surface area contributed by atoms with E-state index in [0.717, 1.165) is 5.56 Å². The van der Waals surface area contributed by atoms with Crippen LogP contribution in [0.15, 0.2) is 48.5 Å². The van der Waals surface area contributed by atoms with Gasteiger partial charge in [-0.05, 0) is 37.6 Å². The normalized spacial score (nSPS) is 11.8. The Labute approximate surface area is 140 Å². The molecule has 4 nitrogen and oxygen atoms in total. The maximum absolute atomic E-state index is 12.0. The molecular formula is C18H19ClN2O2. The van der Waals surface area contributed by atoms with Crippen molar-refractivity contribution in [1.82, 2.24) is 5.32 Å². The number of benzene rings is 2. The van der Waals surface area contributed by atoms with Gasteiger partial charge in [0.05, 0.1) is 6.54 Å². The van der Waals surface area contributed by atoms with E-state index >= 15 is 0 Å². The lowest BCUT2D eigenvalue weighted by atomic mass is 10.1. The first kappa shape index (κ1) is 17.2. The number of rotatable bonds is 6. The zero-order valence-corrected chi connectivity index (χ0v) is 13.9. The van der Waals surface area contributed by atoms with E-state index < -0.39 is 0 Å². The van der Waals surface area contributed by atoms with E-state index in [2.05, 4.69) is 10.6 Å².